The first kappa shape index (κ1) is 16.8. The van der Waals surface area contributed by atoms with Crippen molar-refractivity contribution in [1.82, 2.24) is 5.32 Å². The summed E-state index contributed by atoms with van der Waals surface area (Å²) in [7, 11) is -3.64. The molecule has 0 unspecified atom stereocenters. The van der Waals surface area contributed by atoms with Crippen LogP contribution < -0.4 is 10.6 Å². The molecule has 120 valence electrons. The Labute approximate surface area is 136 Å². The highest BCUT2D eigenvalue weighted by Crippen LogP contribution is 2.27. The Morgan fingerprint density at radius 1 is 1.04 bits per heavy atom. The van der Waals surface area contributed by atoms with Gasteiger partial charge >= 0.3 is 0 Å². The van der Waals surface area contributed by atoms with E-state index in [0.717, 1.165) is 0 Å². The number of anilines is 1. The summed E-state index contributed by atoms with van der Waals surface area (Å²) >= 11 is 0. The van der Waals surface area contributed by atoms with Gasteiger partial charge in [-0.25, -0.2) is 8.42 Å². The van der Waals surface area contributed by atoms with E-state index in [-0.39, 0.29) is 22.2 Å². The molecule has 5 nitrogen and oxygen atoms in total. The minimum atomic E-state index is -3.64. The molecule has 0 saturated heterocycles. The SMILES string of the molecule is C=CCNC(=O)CNc1ccccc1S(=O)(=O)c1ccccc1. The molecular weight excluding hydrogens is 312 g/mol. The van der Waals surface area contributed by atoms with Crippen LogP contribution in [0.5, 0.6) is 0 Å². The fraction of sp³-hybridized carbons (Fsp3) is 0.118. The summed E-state index contributed by atoms with van der Waals surface area (Å²) in [5.41, 5.74) is 0.394. The molecule has 0 aliphatic heterocycles. The van der Waals surface area contributed by atoms with Gasteiger partial charge in [0.25, 0.3) is 0 Å². The third-order valence-electron chi connectivity index (χ3n) is 3.11. The van der Waals surface area contributed by atoms with E-state index in [2.05, 4.69) is 17.2 Å². The molecule has 0 spiro atoms. The average Bonchev–Trinajstić information content (AvgIpc) is 2.59. The summed E-state index contributed by atoms with van der Waals surface area (Å²) in [5.74, 6) is -0.239. The zero-order valence-corrected chi connectivity index (χ0v) is 13.3. The molecule has 0 atom stereocenters. The zero-order chi connectivity index (χ0) is 16.7. The number of carbonyl (C=O) groups excluding carboxylic acids is 1. The number of carbonyl (C=O) groups is 1. The molecule has 0 aromatic heterocycles. The molecule has 0 aliphatic carbocycles. The molecule has 2 N–H and O–H groups in total. The van der Waals surface area contributed by atoms with E-state index in [0.29, 0.717) is 12.2 Å². The van der Waals surface area contributed by atoms with Gasteiger partial charge in [0.1, 0.15) is 0 Å². The van der Waals surface area contributed by atoms with Gasteiger partial charge in [-0.15, -0.1) is 6.58 Å². The van der Waals surface area contributed by atoms with Gasteiger partial charge in [0, 0.05) is 6.54 Å². The topological polar surface area (TPSA) is 75.3 Å². The van der Waals surface area contributed by atoms with Crippen LogP contribution in [0.2, 0.25) is 0 Å². The lowest BCUT2D eigenvalue weighted by molar-refractivity contribution is -0.119. The van der Waals surface area contributed by atoms with Crippen molar-refractivity contribution in [3.8, 4) is 0 Å². The fourth-order valence-electron chi connectivity index (χ4n) is 2.00. The van der Waals surface area contributed by atoms with Crippen LogP contribution in [-0.4, -0.2) is 27.4 Å². The van der Waals surface area contributed by atoms with Gasteiger partial charge in [-0.05, 0) is 24.3 Å². The number of hydrogen-bond donors (Lipinski definition) is 2. The highest BCUT2D eigenvalue weighted by atomic mass is 32.2. The summed E-state index contributed by atoms with van der Waals surface area (Å²) in [6.07, 6.45) is 1.58. The lowest BCUT2D eigenvalue weighted by atomic mass is 10.3. The number of amides is 1. The number of nitrogens with one attached hydrogen (secondary N) is 2. The summed E-state index contributed by atoms with van der Waals surface area (Å²) in [5, 5.41) is 5.50. The quantitative estimate of drug-likeness (QED) is 0.764. The smallest absolute Gasteiger partial charge is 0.239 e. The second kappa shape index (κ2) is 7.60. The normalized spacial score (nSPS) is 10.8. The van der Waals surface area contributed by atoms with Crippen molar-refractivity contribution in [2.24, 2.45) is 0 Å². The van der Waals surface area contributed by atoms with Gasteiger partial charge in [0.05, 0.1) is 22.0 Å². The van der Waals surface area contributed by atoms with Crippen molar-refractivity contribution in [2.75, 3.05) is 18.4 Å². The Morgan fingerprint density at radius 2 is 1.70 bits per heavy atom. The van der Waals surface area contributed by atoms with Crippen molar-refractivity contribution in [1.29, 1.82) is 0 Å². The van der Waals surface area contributed by atoms with E-state index >= 15 is 0 Å². The Kier molecular flexibility index (Phi) is 5.54. The predicted molar refractivity (Wildman–Crippen MR) is 90.0 cm³/mol. The summed E-state index contributed by atoms with van der Waals surface area (Å²) in [6, 6.07) is 14.7. The maximum Gasteiger partial charge on any atom is 0.239 e. The lowest BCUT2D eigenvalue weighted by Gasteiger charge is -2.12. The van der Waals surface area contributed by atoms with E-state index in [1.807, 2.05) is 0 Å². The molecule has 0 radical (unpaired) electrons. The van der Waals surface area contributed by atoms with Crippen LogP contribution in [0.1, 0.15) is 0 Å². The van der Waals surface area contributed by atoms with Crippen molar-refractivity contribution >= 4 is 21.4 Å². The van der Waals surface area contributed by atoms with Crippen LogP contribution in [0, 0.1) is 0 Å². The number of sulfone groups is 1. The number of para-hydroxylation sites is 1. The van der Waals surface area contributed by atoms with Gasteiger partial charge in [0.15, 0.2) is 0 Å². The van der Waals surface area contributed by atoms with Crippen LogP contribution in [0.3, 0.4) is 0 Å². The minimum absolute atomic E-state index is 0.0187. The van der Waals surface area contributed by atoms with Crippen LogP contribution in [0.15, 0.2) is 77.0 Å². The molecule has 0 aliphatic rings. The second-order valence-corrected chi connectivity index (χ2v) is 6.68. The summed E-state index contributed by atoms with van der Waals surface area (Å²) in [4.78, 5) is 12.0. The van der Waals surface area contributed by atoms with E-state index in [9.17, 15) is 13.2 Å². The highest BCUT2D eigenvalue weighted by Gasteiger charge is 2.20. The van der Waals surface area contributed by atoms with E-state index in [1.165, 1.54) is 6.07 Å². The van der Waals surface area contributed by atoms with Gasteiger partial charge in [0.2, 0.25) is 15.7 Å². The van der Waals surface area contributed by atoms with Crippen LogP contribution in [-0.2, 0) is 14.6 Å². The van der Waals surface area contributed by atoms with Crippen molar-refractivity contribution in [2.45, 2.75) is 9.79 Å². The molecule has 23 heavy (non-hydrogen) atoms. The van der Waals surface area contributed by atoms with Crippen LogP contribution in [0.25, 0.3) is 0 Å². The average molecular weight is 330 g/mol. The van der Waals surface area contributed by atoms with E-state index in [4.69, 9.17) is 0 Å². The van der Waals surface area contributed by atoms with E-state index < -0.39 is 9.84 Å². The molecule has 2 aromatic rings. The summed E-state index contributed by atoms with van der Waals surface area (Å²) < 4.78 is 25.4. The molecule has 0 bridgehead atoms. The molecule has 6 heteroatoms. The van der Waals surface area contributed by atoms with Crippen LogP contribution >= 0.6 is 0 Å². The van der Waals surface area contributed by atoms with Gasteiger partial charge in [-0.1, -0.05) is 36.4 Å². The zero-order valence-electron chi connectivity index (χ0n) is 12.5. The van der Waals surface area contributed by atoms with Gasteiger partial charge in [-0.2, -0.15) is 0 Å². The maximum atomic E-state index is 12.7. The standard InChI is InChI=1S/C17H18N2O3S/c1-2-12-18-17(20)13-19-15-10-6-7-11-16(15)23(21,22)14-8-4-3-5-9-14/h2-11,19H,1,12-13H2,(H,18,20). The van der Waals surface area contributed by atoms with E-state index in [1.54, 1.807) is 54.6 Å². The first-order valence-corrected chi connectivity index (χ1v) is 8.54. The molecule has 2 rings (SSSR count). The molecule has 1 amide bonds. The third-order valence-corrected chi connectivity index (χ3v) is 4.94. The van der Waals surface area contributed by atoms with Crippen molar-refractivity contribution in [3.63, 3.8) is 0 Å². The van der Waals surface area contributed by atoms with Crippen molar-refractivity contribution < 1.29 is 13.2 Å². The number of rotatable bonds is 7. The van der Waals surface area contributed by atoms with Gasteiger partial charge < -0.3 is 10.6 Å². The monoisotopic (exact) mass is 330 g/mol. The van der Waals surface area contributed by atoms with Gasteiger partial charge in [-0.3, -0.25) is 4.79 Å². The minimum Gasteiger partial charge on any atom is -0.375 e. The molecule has 0 saturated carbocycles. The van der Waals surface area contributed by atoms with Crippen LogP contribution in [0.4, 0.5) is 5.69 Å². The Hall–Kier alpha value is -2.60. The number of hydrogen-bond acceptors (Lipinski definition) is 4. The molecule has 2 aromatic carbocycles. The predicted octanol–water partition coefficient (Wildman–Crippen LogP) is 2.23. The Morgan fingerprint density at radius 3 is 2.39 bits per heavy atom. The van der Waals surface area contributed by atoms with Crippen molar-refractivity contribution in [3.05, 3.63) is 67.3 Å². The Bertz CT molecular complexity index is 786. The highest BCUT2D eigenvalue weighted by molar-refractivity contribution is 7.91. The lowest BCUT2D eigenvalue weighted by Crippen LogP contribution is -2.30. The molecule has 0 fully saturated rings. The third kappa shape index (κ3) is 4.20. The first-order chi connectivity index (χ1) is 11.1. The maximum absolute atomic E-state index is 12.7. The summed E-state index contributed by atoms with van der Waals surface area (Å²) in [6.45, 7) is 3.86. The first-order valence-electron chi connectivity index (χ1n) is 7.06. The largest absolute Gasteiger partial charge is 0.375 e. The second-order valence-electron chi connectivity index (χ2n) is 4.76. The molecular formula is C17H18N2O3S. The molecule has 0 heterocycles. The number of benzene rings is 2. The Balaban J connectivity index is 2.24. The fourth-order valence-corrected chi connectivity index (χ4v) is 3.45.